The number of rotatable bonds is 4. The normalized spacial score (nSPS) is 11.2. The Bertz CT molecular complexity index is 769. The second-order valence-electron chi connectivity index (χ2n) is 3.69. The van der Waals surface area contributed by atoms with E-state index in [9.17, 15) is 18.5 Å². The number of tetrazole rings is 1. The fourth-order valence-electron chi connectivity index (χ4n) is 1.37. The summed E-state index contributed by atoms with van der Waals surface area (Å²) >= 11 is 0. The Morgan fingerprint density at radius 2 is 2.15 bits per heavy atom. The number of nitro groups is 1. The molecule has 0 aliphatic rings. The summed E-state index contributed by atoms with van der Waals surface area (Å²) < 4.78 is 26.2. The molecule has 20 heavy (non-hydrogen) atoms. The van der Waals surface area contributed by atoms with Gasteiger partial charge in [-0.15, -0.1) is 5.10 Å². The Morgan fingerprint density at radius 3 is 2.70 bits per heavy atom. The number of aryl methyl sites for hydroxylation is 1. The van der Waals surface area contributed by atoms with E-state index < -0.39 is 25.5 Å². The topological polar surface area (TPSA) is 159 Å². The summed E-state index contributed by atoms with van der Waals surface area (Å²) in [6.07, 6.45) is 0. The minimum atomic E-state index is -4.14. The van der Waals surface area contributed by atoms with Crippen LogP contribution in [0.1, 0.15) is 0 Å². The minimum Gasteiger partial charge on any atom is -0.398 e. The lowest BCUT2D eigenvalue weighted by atomic mass is 10.3. The van der Waals surface area contributed by atoms with Gasteiger partial charge in [-0.2, -0.15) is 4.80 Å². The predicted molar refractivity (Wildman–Crippen MR) is 67.1 cm³/mol. The lowest BCUT2D eigenvalue weighted by Gasteiger charge is -2.06. The van der Waals surface area contributed by atoms with Crippen molar-refractivity contribution in [1.82, 2.24) is 20.2 Å². The van der Waals surface area contributed by atoms with Crippen LogP contribution in [0.2, 0.25) is 0 Å². The molecule has 2 rings (SSSR count). The molecule has 1 aromatic carbocycles. The van der Waals surface area contributed by atoms with Gasteiger partial charge in [0.25, 0.3) is 21.7 Å². The van der Waals surface area contributed by atoms with Gasteiger partial charge in [0.2, 0.25) is 0 Å². The molecule has 0 saturated carbocycles. The maximum atomic E-state index is 12.1. The molecule has 0 fully saturated rings. The van der Waals surface area contributed by atoms with Gasteiger partial charge < -0.3 is 5.73 Å². The number of hydrogen-bond acceptors (Lipinski definition) is 8. The van der Waals surface area contributed by atoms with Crippen molar-refractivity contribution in [2.75, 3.05) is 10.5 Å². The largest absolute Gasteiger partial charge is 0.398 e. The number of aromatic nitrogens is 4. The molecule has 1 heterocycles. The highest BCUT2D eigenvalue weighted by molar-refractivity contribution is 7.92. The van der Waals surface area contributed by atoms with Crippen molar-refractivity contribution >= 4 is 27.3 Å². The summed E-state index contributed by atoms with van der Waals surface area (Å²) in [7, 11) is -2.69. The van der Waals surface area contributed by atoms with E-state index in [0.29, 0.717) is 0 Å². The van der Waals surface area contributed by atoms with Crippen molar-refractivity contribution in [2.24, 2.45) is 7.05 Å². The molecule has 0 spiro atoms. The Hall–Kier alpha value is -2.76. The molecule has 2 aromatic rings. The lowest BCUT2D eigenvalue weighted by molar-refractivity contribution is -0.385. The highest BCUT2D eigenvalue weighted by Crippen LogP contribution is 2.25. The van der Waals surface area contributed by atoms with Crippen LogP contribution in [0.25, 0.3) is 0 Å². The van der Waals surface area contributed by atoms with Crippen LogP contribution in [-0.2, 0) is 17.1 Å². The van der Waals surface area contributed by atoms with Gasteiger partial charge in [-0.3, -0.25) is 10.1 Å². The molecule has 12 heteroatoms. The number of sulfonamides is 1. The molecule has 0 saturated heterocycles. The number of hydrogen-bond donors (Lipinski definition) is 2. The maximum absolute atomic E-state index is 12.1. The summed E-state index contributed by atoms with van der Waals surface area (Å²) in [5.41, 5.74) is 5.00. The second kappa shape index (κ2) is 4.73. The summed E-state index contributed by atoms with van der Waals surface area (Å²) in [5, 5.41) is 21.2. The Labute approximate surface area is 112 Å². The van der Waals surface area contributed by atoms with E-state index in [1.807, 2.05) is 4.72 Å². The van der Waals surface area contributed by atoms with E-state index in [4.69, 9.17) is 5.73 Å². The number of nitrogens with one attached hydrogen (secondary N) is 1. The van der Waals surface area contributed by atoms with Gasteiger partial charge in [0.05, 0.1) is 17.7 Å². The average molecular weight is 299 g/mol. The number of nitro benzene ring substituents is 1. The number of nitrogens with two attached hydrogens (primary N) is 1. The van der Waals surface area contributed by atoms with Gasteiger partial charge in [0.1, 0.15) is 4.90 Å². The van der Waals surface area contributed by atoms with Gasteiger partial charge in [0, 0.05) is 12.1 Å². The molecule has 0 aliphatic heterocycles. The molecule has 3 N–H and O–H groups in total. The molecule has 106 valence electrons. The lowest BCUT2D eigenvalue weighted by Crippen LogP contribution is -2.16. The Morgan fingerprint density at radius 1 is 1.45 bits per heavy atom. The van der Waals surface area contributed by atoms with E-state index >= 15 is 0 Å². The van der Waals surface area contributed by atoms with E-state index in [1.54, 1.807) is 0 Å². The molecular formula is C8H9N7O4S. The van der Waals surface area contributed by atoms with Crippen LogP contribution in [0.3, 0.4) is 0 Å². The first-order valence-corrected chi connectivity index (χ1v) is 6.58. The van der Waals surface area contributed by atoms with Gasteiger partial charge >= 0.3 is 0 Å². The highest BCUT2D eigenvalue weighted by Gasteiger charge is 2.22. The molecule has 11 nitrogen and oxygen atoms in total. The SMILES string of the molecule is Cn1nnc(NS(=O)(=O)c2cc([N+](=O)[O-])ccc2N)n1. The van der Waals surface area contributed by atoms with E-state index in [-0.39, 0.29) is 11.6 Å². The number of nitrogen functional groups attached to an aromatic ring is 1. The third-order valence-corrected chi connectivity index (χ3v) is 3.62. The summed E-state index contributed by atoms with van der Waals surface area (Å²) in [6.45, 7) is 0. The zero-order valence-electron chi connectivity index (χ0n) is 10.1. The van der Waals surface area contributed by atoms with E-state index in [2.05, 4.69) is 15.4 Å². The van der Waals surface area contributed by atoms with Crippen LogP contribution in [0.5, 0.6) is 0 Å². The summed E-state index contributed by atoms with van der Waals surface area (Å²) in [4.78, 5) is 10.6. The Kier molecular flexibility index (Phi) is 3.23. The quantitative estimate of drug-likeness (QED) is 0.434. The van der Waals surface area contributed by atoms with Gasteiger partial charge in [-0.05, 0) is 11.3 Å². The van der Waals surface area contributed by atoms with Crippen molar-refractivity contribution < 1.29 is 13.3 Å². The molecule has 1 aromatic heterocycles. The first-order valence-electron chi connectivity index (χ1n) is 5.10. The number of benzene rings is 1. The standard InChI is InChI=1S/C8H9N7O4S/c1-14-11-8(10-13-14)12-20(18,19)7-4-5(15(16)17)2-3-6(7)9/h2-4H,9H2,1H3,(H,11,12). The predicted octanol–water partition coefficient (Wildman–Crippen LogP) is -0.499. The number of non-ortho nitro benzene ring substituents is 1. The highest BCUT2D eigenvalue weighted by atomic mass is 32.2. The van der Waals surface area contributed by atoms with E-state index in [0.717, 1.165) is 23.0 Å². The van der Waals surface area contributed by atoms with E-state index in [1.165, 1.54) is 7.05 Å². The fraction of sp³-hybridized carbons (Fsp3) is 0.125. The van der Waals surface area contributed by atoms with Crippen molar-refractivity contribution in [3.05, 3.63) is 28.3 Å². The Balaban J connectivity index is 2.43. The first-order chi connectivity index (χ1) is 9.29. The monoisotopic (exact) mass is 299 g/mol. The molecule has 0 unspecified atom stereocenters. The van der Waals surface area contributed by atoms with Crippen LogP contribution in [0.4, 0.5) is 17.3 Å². The average Bonchev–Trinajstić information content (AvgIpc) is 2.73. The number of anilines is 2. The zero-order valence-corrected chi connectivity index (χ0v) is 10.9. The maximum Gasteiger partial charge on any atom is 0.277 e. The number of nitrogens with zero attached hydrogens (tertiary/aromatic N) is 5. The third kappa shape index (κ3) is 2.64. The second-order valence-corrected chi connectivity index (χ2v) is 5.34. The van der Waals surface area contributed by atoms with Crippen LogP contribution >= 0.6 is 0 Å². The molecular weight excluding hydrogens is 290 g/mol. The fourth-order valence-corrected chi connectivity index (χ4v) is 2.46. The molecule has 0 radical (unpaired) electrons. The molecule has 0 amide bonds. The van der Waals surface area contributed by atoms with Crippen molar-refractivity contribution in [3.63, 3.8) is 0 Å². The van der Waals surface area contributed by atoms with Crippen molar-refractivity contribution in [3.8, 4) is 0 Å². The summed E-state index contributed by atoms with van der Waals surface area (Å²) in [6, 6.07) is 3.10. The van der Waals surface area contributed by atoms with Crippen molar-refractivity contribution in [2.45, 2.75) is 4.90 Å². The summed E-state index contributed by atoms with van der Waals surface area (Å²) in [5.74, 6) is -0.265. The van der Waals surface area contributed by atoms with Crippen LogP contribution < -0.4 is 10.5 Å². The van der Waals surface area contributed by atoms with Gasteiger partial charge in [-0.1, -0.05) is 5.10 Å². The molecule has 0 atom stereocenters. The van der Waals surface area contributed by atoms with Gasteiger partial charge in [-0.25, -0.2) is 13.1 Å². The molecule has 0 aliphatic carbocycles. The first kappa shape index (κ1) is 13.7. The smallest absolute Gasteiger partial charge is 0.277 e. The minimum absolute atomic E-state index is 0.132. The zero-order chi connectivity index (χ0) is 14.9. The molecule has 0 bridgehead atoms. The van der Waals surface area contributed by atoms with Gasteiger partial charge in [0.15, 0.2) is 0 Å². The van der Waals surface area contributed by atoms with Crippen LogP contribution in [0.15, 0.2) is 23.1 Å². The van der Waals surface area contributed by atoms with Crippen molar-refractivity contribution in [1.29, 1.82) is 0 Å². The van der Waals surface area contributed by atoms with Crippen LogP contribution in [-0.4, -0.2) is 33.5 Å². The third-order valence-electron chi connectivity index (χ3n) is 2.23. The van der Waals surface area contributed by atoms with Crippen LogP contribution in [0, 0.1) is 10.1 Å².